The zero-order valence-electron chi connectivity index (χ0n) is 10.6. The Morgan fingerprint density at radius 1 is 1.33 bits per heavy atom. The van der Waals surface area contributed by atoms with Gasteiger partial charge < -0.3 is 14.5 Å². The topological polar surface area (TPSA) is 32.8 Å². The number of hydrogen-bond donors (Lipinski definition) is 0. The number of fused-ring (bicyclic) bond motifs is 1. The van der Waals surface area contributed by atoms with Gasteiger partial charge in [-0.3, -0.25) is 4.79 Å². The van der Waals surface area contributed by atoms with Crippen molar-refractivity contribution in [3.63, 3.8) is 0 Å². The molecule has 0 saturated carbocycles. The molecule has 3 rings (SSSR count). The Labute approximate surface area is 111 Å². The lowest BCUT2D eigenvalue weighted by molar-refractivity contribution is -0.129. The molecule has 3 heterocycles. The first-order chi connectivity index (χ1) is 8.74. The van der Waals surface area contributed by atoms with E-state index in [0.29, 0.717) is 0 Å². The summed E-state index contributed by atoms with van der Waals surface area (Å²) in [6.07, 6.45) is 1.00. The highest BCUT2D eigenvalue weighted by molar-refractivity contribution is 7.16. The van der Waals surface area contributed by atoms with Crippen LogP contribution >= 0.6 is 11.3 Å². The summed E-state index contributed by atoms with van der Waals surface area (Å²) in [5.41, 5.74) is 1.34. The van der Waals surface area contributed by atoms with E-state index >= 15 is 0 Å². The Balaban J connectivity index is 1.78. The van der Waals surface area contributed by atoms with Crippen LogP contribution < -0.4 is 4.90 Å². The molecule has 18 heavy (non-hydrogen) atoms. The van der Waals surface area contributed by atoms with E-state index < -0.39 is 0 Å². The van der Waals surface area contributed by atoms with Crippen LogP contribution in [0.2, 0.25) is 0 Å². The number of carbonyl (C=O) groups is 1. The summed E-state index contributed by atoms with van der Waals surface area (Å²) in [5, 5.41) is 1.34. The third-order valence-corrected chi connectivity index (χ3v) is 4.92. The van der Waals surface area contributed by atoms with Crippen molar-refractivity contribution >= 4 is 22.2 Å². The Bertz CT molecular complexity index is 452. The van der Waals surface area contributed by atoms with Crippen LogP contribution in [0.4, 0.5) is 5.00 Å². The molecule has 0 aromatic carbocycles. The molecule has 0 aliphatic carbocycles. The molecule has 2 aliphatic heterocycles. The molecule has 0 bridgehead atoms. The minimum atomic E-state index is 0.180. The standard InChI is InChI=1S/C13H18N2O2S/c1-10(16)15-3-2-12-11(9-15)8-13(18-12)14-4-6-17-7-5-14/h8H,2-7,9H2,1H3. The van der Waals surface area contributed by atoms with Crippen LogP contribution in [-0.2, 0) is 22.5 Å². The zero-order valence-corrected chi connectivity index (χ0v) is 11.5. The molecule has 98 valence electrons. The molecule has 0 atom stereocenters. The Hall–Kier alpha value is -1.07. The van der Waals surface area contributed by atoms with Gasteiger partial charge in [0.05, 0.1) is 18.2 Å². The normalized spacial score (nSPS) is 19.8. The van der Waals surface area contributed by atoms with E-state index in [2.05, 4.69) is 11.0 Å². The number of thiophene rings is 1. The van der Waals surface area contributed by atoms with Crippen molar-refractivity contribution in [3.05, 3.63) is 16.5 Å². The van der Waals surface area contributed by atoms with E-state index in [9.17, 15) is 4.79 Å². The molecule has 2 aliphatic rings. The van der Waals surface area contributed by atoms with Crippen LogP contribution in [-0.4, -0.2) is 43.7 Å². The van der Waals surface area contributed by atoms with Gasteiger partial charge in [-0.25, -0.2) is 0 Å². The minimum absolute atomic E-state index is 0.180. The van der Waals surface area contributed by atoms with Gasteiger partial charge in [-0.1, -0.05) is 0 Å². The van der Waals surface area contributed by atoms with E-state index in [1.54, 1.807) is 6.92 Å². The fourth-order valence-electron chi connectivity index (χ4n) is 2.53. The summed E-state index contributed by atoms with van der Waals surface area (Å²) in [4.78, 5) is 17.2. The molecule has 0 spiro atoms. The van der Waals surface area contributed by atoms with Gasteiger partial charge in [-0.05, 0) is 18.1 Å². The van der Waals surface area contributed by atoms with Crippen molar-refractivity contribution < 1.29 is 9.53 Å². The van der Waals surface area contributed by atoms with Crippen LogP contribution in [0.5, 0.6) is 0 Å². The first kappa shape index (κ1) is 12.0. The average Bonchev–Trinajstić information content (AvgIpc) is 2.82. The van der Waals surface area contributed by atoms with Crippen LogP contribution in [0.1, 0.15) is 17.4 Å². The lowest BCUT2D eigenvalue weighted by Gasteiger charge is -2.27. The van der Waals surface area contributed by atoms with Crippen molar-refractivity contribution in [2.75, 3.05) is 37.7 Å². The predicted octanol–water partition coefficient (Wildman–Crippen LogP) is 1.49. The Morgan fingerprint density at radius 3 is 2.83 bits per heavy atom. The zero-order chi connectivity index (χ0) is 12.5. The van der Waals surface area contributed by atoms with Crippen LogP contribution in [0.15, 0.2) is 6.07 Å². The number of ether oxygens (including phenoxy) is 1. The second-order valence-corrected chi connectivity index (χ2v) is 5.94. The summed E-state index contributed by atoms with van der Waals surface area (Å²) in [6, 6.07) is 2.26. The smallest absolute Gasteiger partial charge is 0.219 e. The van der Waals surface area contributed by atoms with Gasteiger partial charge >= 0.3 is 0 Å². The number of carbonyl (C=O) groups excluding carboxylic acids is 1. The molecule has 0 unspecified atom stereocenters. The highest BCUT2D eigenvalue weighted by Crippen LogP contribution is 2.34. The largest absolute Gasteiger partial charge is 0.378 e. The predicted molar refractivity (Wildman–Crippen MR) is 72.1 cm³/mol. The molecule has 5 heteroatoms. The highest BCUT2D eigenvalue weighted by Gasteiger charge is 2.22. The molecular formula is C13H18N2O2S. The van der Waals surface area contributed by atoms with Crippen molar-refractivity contribution in [3.8, 4) is 0 Å². The lowest BCUT2D eigenvalue weighted by Crippen LogP contribution is -2.35. The van der Waals surface area contributed by atoms with E-state index in [0.717, 1.165) is 45.8 Å². The molecule has 1 aromatic heterocycles. The highest BCUT2D eigenvalue weighted by atomic mass is 32.1. The summed E-state index contributed by atoms with van der Waals surface area (Å²) in [7, 11) is 0. The van der Waals surface area contributed by atoms with Crippen LogP contribution in [0.3, 0.4) is 0 Å². The van der Waals surface area contributed by atoms with Gasteiger partial charge in [-0.15, -0.1) is 11.3 Å². The summed E-state index contributed by atoms with van der Waals surface area (Å²) < 4.78 is 5.38. The van der Waals surface area contributed by atoms with Gasteiger partial charge in [0.25, 0.3) is 0 Å². The number of nitrogens with zero attached hydrogens (tertiary/aromatic N) is 2. The van der Waals surface area contributed by atoms with Gasteiger partial charge in [0, 0.05) is 38.0 Å². The van der Waals surface area contributed by atoms with Crippen molar-refractivity contribution in [1.82, 2.24) is 4.90 Å². The maximum absolute atomic E-state index is 11.4. The summed E-state index contributed by atoms with van der Waals surface area (Å²) >= 11 is 1.89. The molecule has 1 amide bonds. The van der Waals surface area contributed by atoms with E-state index in [1.807, 2.05) is 16.2 Å². The van der Waals surface area contributed by atoms with E-state index in [1.165, 1.54) is 15.4 Å². The first-order valence-electron chi connectivity index (χ1n) is 6.44. The minimum Gasteiger partial charge on any atom is -0.378 e. The molecule has 1 aromatic rings. The molecule has 4 nitrogen and oxygen atoms in total. The third kappa shape index (κ3) is 2.24. The number of hydrogen-bond acceptors (Lipinski definition) is 4. The number of morpholine rings is 1. The molecule has 1 fully saturated rings. The van der Waals surface area contributed by atoms with E-state index in [4.69, 9.17) is 4.74 Å². The fraction of sp³-hybridized carbons (Fsp3) is 0.615. The van der Waals surface area contributed by atoms with Crippen LogP contribution in [0, 0.1) is 0 Å². The van der Waals surface area contributed by atoms with Crippen molar-refractivity contribution in [1.29, 1.82) is 0 Å². The molecule has 1 saturated heterocycles. The summed E-state index contributed by atoms with van der Waals surface area (Å²) in [6.45, 7) is 6.91. The number of rotatable bonds is 1. The van der Waals surface area contributed by atoms with Gasteiger partial charge in [0.15, 0.2) is 0 Å². The monoisotopic (exact) mass is 266 g/mol. The van der Waals surface area contributed by atoms with Gasteiger partial charge in [0.2, 0.25) is 5.91 Å². The average molecular weight is 266 g/mol. The third-order valence-electron chi connectivity index (χ3n) is 3.62. The second-order valence-electron chi connectivity index (χ2n) is 4.82. The second kappa shape index (κ2) is 4.90. The summed E-state index contributed by atoms with van der Waals surface area (Å²) in [5.74, 6) is 0.180. The lowest BCUT2D eigenvalue weighted by atomic mass is 10.1. The van der Waals surface area contributed by atoms with Crippen LogP contribution in [0.25, 0.3) is 0 Å². The van der Waals surface area contributed by atoms with Gasteiger partial charge in [0.1, 0.15) is 0 Å². The number of anilines is 1. The van der Waals surface area contributed by atoms with E-state index in [-0.39, 0.29) is 5.91 Å². The maximum Gasteiger partial charge on any atom is 0.219 e. The maximum atomic E-state index is 11.4. The van der Waals surface area contributed by atoms with Gasteiger partial charge in [-0.2, -0.15) is 0 Å². The Kier molecular flexibility index (Phi) is 3.26. The Morgan fingerprint density at radius 2 is 2.11 bits per heavy atom. The molecule has 0 radical (unpaired) electrons. The molecular weight excluding hydrogens is 248 g/mol. The van der Waals surface area contributed by atoms with Crippen molar-refractivity contribution in [2.24, 2.45) is 0 Å². The molecule has 0 N–H and O–H groups in total. The number of amides is 1. The van der Waals surface area contributed by atoms with Crippen molar-refractivity contribution in [2.45, 2.75) is 19.9 Å². The fourth-order valence-corrected chi connectivity index (χ4v) is 3.74. The first-order valence-corrected chi connectivity index (χ1v) is 7.25. The quantitative estimate of drug-likeness (QED) is 0.772. The SMILES string of the molecule is CC(=O)N1CCc2sc(N3CCOCC3)cc2C1.